The van der Waals surface area contributed by atoms with Crippen molar-refractivity contribution in [2.24, 2.45) is 0 Å². The lowest BCUT2D eigenvalue weighted by Gasteiger charge is -2.45. The average molecular weight is 399 g/mol. The van der Waals surface area contributed by atoms with Crippen molar-refractivity contribution < 1.29 is 23.7 Å². The fraction of sp³-hybridized carbons (Fsp3) is 0.435. The van der Waals surface area contributed by atoms with Crippen molar-refractivity contribution >= 4 is 5.91 Å². The van der Waals surface area contributed by atoms with Gasteiger partial charge in [-0.1, -0.05) is 60.7 Å². The molecule has 1 aliphatic rings. The van der Waals surface area contributed by atoms with Gasteiger partial charge in [-0.3, -0.25) is 4.79 Å². The Morgan fingerprint density at radius 2 is 1.45 bits per heavy atom. The molecule has 1 N–H and O–H groups in total. The predicted molar refractivity (Wildman–Crippen MR) is 109 cm³/mol. The molecule has 0 radical (unpaired) electrons. The Balaban J connectivity index is 1.80. The second-order valence-electron chi connectivity index (χ2n) is 7.19. The molecule has 5 atom stereocenters. The second-order valence-corrected chi connectivity index (χ2v) is 7.19. The highest BCUT2D eigenvalue weighted by molar-refractivity contribution is 5.73. The van der Waals surface area contributed by atoms with E-state index in [4.69, 9.17) is 18.9 Å². The number of hydrogen-bond acceptors (Lipinski definition) is 5. The summed E-state index contributed by atoms with van der Waals surface area (Å²) >= 11 is 0. The molecule has 0 aromatic heterocycles. The minimum atomic E-state index is -0.598. The zero-order chi connectivity index (χ0) is 20.6. The lowest BCUT2D eigenvalue weighted by molar-refractivity contribution is -0.285. The van der Waals surface area contributed by atoms with E-state index >= 15 is 0 Å². The van der Waals surface area contributed by atoms with Crippen LogP contribution in [0.5, 0.6) is 0 Å². The fourth-order valence-corrected chi connectivity index (χ4v) is 3.53. The molecule has 3 rings (SSSR count). The molecule has 5 unspecified atom stereocenters. The first-order valence-electron chi connectivity index (χ1n) is 9.85. The molecule has 2 aromatic rings. The van der Waals surface area contributed by atoms with Gasteiger partial charge in [0.25, 0.3) is 0 Å². The number of carbonyl (C=O) groups is 1. The Kier molecular flexibility index (Phi) is 7.77. The van der Waals surface area contributed by atoms with E-state index in [0.29, 0.717) is 13.2 Å². The van der Waals surface area contributed by atoms with E-state index in [-0.39, 0.29) is 18.1 Å². The van der Waals surface area contributed by atoms with Crippen molar-refractivity contribution in [1.29, 1.82) is 0 Å². The van der Waals surface area contributed by atoms with E-state index in [2.05, 4.69) is 5.32 Å². The van der Waals surface area contributed by atoms with Crippen molar-refractivity contribution in [3.8, 4) is 0 Å². The molecule has 0 saturated carbocycles. The van der Waals surface area contributed by atoms with E-state index in [1.807, 2.05) is 67.6 Å². The SMILES string of the molecule is COC1OC(C)C(NC(C)=O)C(OCc2ccccc2)C1OCc1ccccc1. The molecule has 0 spiro atoms. The maximum atomic E-state index is 11.8. The number of rotatable bonds is 8. The molecule has 29 heavy (non-hydrogen) atoms. The molecule has 0 bridgehead atoms. The Bertz CT molecular complexity index is 754. The normalized spacial score (nSPS) is 26.8. The van der Waals surface area contributed by atoms with Crippen LogP contribution in [0.4, 0.5) is 0 Å². The van der Waals surface area contributed by atoms with Crippen LogP contribution in [-0.4, -0.2) is 43.7 Å². The quantitative estimate of drug-likeness (QED) is 0.739. The number of benzene rings is 2. The van der Waals surface area contributed by atoms with Crippen molar-refractivity contribution in [3.63, 3.8) is 0 Å². The van der Waals surface area contributed by atoms with Gasteiger partial charge in [-0.25, -0.2) is 0 Å². The summed E-state index contributed by atoms with van der Waals surface area (Å²) in [5.74, 6) is -0.142. The molecule has 1 saturated heterocycles. The Morgan fingerprint density at radius 3 is 1.93 bits per heavy atom. The van der Waals surface area contributed by atoms with E-state index in [9.17, 15) is 4.79 Å². The molecule has 2 aromatic carbocycles. The molecular formula is C23H29NO5. The van der Waals surface area contributed by atoms with Gasteiger partial charge in [0.2, 0.25) is 5.91 Å². The highest BCUT2D eigenvalue weighted by Gasteiger charge is 2.46. The topological polar surface area (TPSA) is 66.0 Å². The minimum absolute atomic E-state index is 0.142. The lowest BCUT2D eigenvalue weighted by Crippen LogP contribution is -2.64. The largest absolute Gasteiger partial charge is 0.368 e. The minimum Gasteiger partial charge on any atom is -0.368 e. The standard InChI is InChI=1S/C23H29NO5/c1-16-20(24-17(2)25)21(27-14-18-10-6-4-7-11-18)22(23(26-3)29-16)28-15-19-12-8-5-9-13-19/h4-13,16,20-23H,14-15H2,1-3H3,(H,24,25). The third-order valence-corrected chi connectivity index (χ3v) is 4.97. The first kappa shape index (κ1) is 21.5. The molecule has 1 heterocycles. The number of amides is 1. The summed E-state index contributed by atoms with van der Waals surface area (Å²) in [4.78, 5) is 11.8. The lowest BCUT2D eigenvalue weighted by atomic mass is 9.96. The number of hydrogen-bond donors (Lipinski definition) is 1. The highest BCUT2D eigenvalue weighted by atomic mass is 16.7. The number of ether oxygens (including phenoxy) is 4. The second kappa shape index (κ2) is 10.5. The predicted octanol–water partition coefficient (Wildman–Crippen LogP) is 3.05. The zero-order valence-electron chi connectivity index (χ0n) is 17.1. The average Bonchev–Trinajstić information content (AvgIpc) is 2.74. The summed E-state index contributed by atoms with van der Waals surface area (Å²) in [5, 5.41) is 2.97. The maximum absolute atomic E-state index is 11.8. The van der Waals surface area contributed by atoms with Gasteiger partial charge in [0.1, 0.15) is 12.2 Å². The van der Waals surface area contributed by atoms with E-state index < -0.39 is 18.5 Å². The summed E-state index contributed by atoms with van der Waals surface area (Å²) in [6.45, 7) is 4.18. The highest BCUT2D eigenvalue weighted by Crippen LogP contribution is 2.28. The van der Waals surface area contributed by atoms with Crippen molar-refractivity contribution in [2.45, 2.75) is 57.7 Å². The third-order valence-electron chi connectivity index (χ3n) is 4.97. The van der Waals surface area contributed by atoms with Gasteiger partial charge in [0.05, 0.1) is 25.4 Å². The molecule has 1 amide bonds. The number of nitrogens with one attached hydrogen (secondary N) is 1. The van der Waals surface area contributed by atoms with Gasteiger partial charge in [-0.05, 0) is 18.1 Å². The first-order valence-corrected chi connectivity index (χ1v) is 9.85. The first-order chi connectivity index (χ1) is 14.1. The molecule has 1 aliphatic heterocycles. The Labute approximate surface area is 172 Å². The van der Waals surface area contributed by atoms with Crippen molar-refractivity contribution in [3.05, 3.63) is 71.8 Å². The Hall–Kier alpha value is -2.25. The van der Waals surface area contributed by atoms with Crippen LogP contribution < -0.4 is 5.32 Å². The van der Waals surface area contributed by atoms with Crippen LogP contribution in [0.1, 0.15) is 25.0 Å². The van der Waals surface area contributed by atoms with Crippen LogP contribution in [0.2, 0.25) is 0 Å². The van der Waals surface area contributed by atoms with E-state index in [1.54, 1.807) is 7.11 Å². The Morgan fingerprint density at radius 1 is 0.931 bits per heavy atom. The summed E-state index contributed by atoms with van der Waals surface area (Å²) < 4.78 is 24.0. The molecule has 156 valence electrons. The van der Waals surface area contributed by atoms with Crippen LogP contribution in [0.25, 0.3) is 0 Å². The van der Waals surface area contributed by atoms with Gasteiger partial charge in [0.15, 0.2) is 6.29 Å². The zero-order valence-corrected chi connectivity index (χ0v) is 17.1. The van der Waals surface area contributed by atoms with Gasteiger partial charge in [0, 0.05) is 14.0 Å². The summed E-state index contributed by atoms with van der Waals surface area (Å²) in [7, 11) is 1.59. The number of methoxy groups -OCH3 is 1. The van der Waals surface area contributed by atoms with Crippen LogP contribution in [0.15, 0.2) is 60.7 Å². The molecular weight excluding hydrogens is 370 g/mol. The fourth-order valence-electron chi connectivity index (χ4n) is 3.53. The molecule has 0 aliphatic carbocycles. The van der Waals surface area contributed by atoms with Gasteiger partial charge >= 0.3 is 0 Å². The van der Waals surface area contributed by atoms with Crippen LogP contribution >= 0.6 is 0 Å². The van der Waals surface area contributed by atoms with Gasteiger partial charge in [-0.15, -0.1) is 0 Å². The van der Waals surface area contributed by atoms with Crippen LogP contribution in [-0.2, 0) is 37.0 Å². The monoisotopic (exact) mass is 399 g/mol. The smallest absolute Gasteiger partial charge is 0.217 e. The molecule has 1 fully saturated rings. The summed E-state index contributed by atoms with van der Waals surface area (Å²) in [6.07, 6.45) is -1.82. The molecule has 6 heteroatoms. The van der Waals surface area contributed by atoms with Gasteiger partial charge < -0.3 is 24.3 Å². The van der Waals surface area contributed by atoms with Crippen LogP contribution in [0, 0.1) is 0 Å². The maximum Gasteiger partial charge on any atom is 0.217 e. The summed E-state index contributed by atoms with van der Waals surface area (Å²) in [5.41, 5.74) is 2.09. The van der Waals surface area contributed by atoms with Gasteiger partial charge in [-0.2, -0.15) is 0 Å². The van der Waals surface area contributed by atoms with E-state index in [1.165, 1.54) is 6.92 Å². The summed E-state index contributed by atoms with van der Waals surface area (Å²) in [6, 6.07) is 19.5. The van der Waals surface area contributed by atoms with Crippen molar-refractivity contribution in [2.75, 3.05) is 7.11 Å². The third kappa shape index (κ3) is 5.87. The van der Waals surface area contributed by atoms with Crippen LogP contribution in [0.3, 0.4) is 0 Å². The van der Waals surface area contributed by atoms with Crippen molar-refractivity contribution in [1.82, 2.24) is 5.32 Å². The number of carbonyl (C=O) groups excluding carboxylic acids is 1. The van der Waals surface area contributed by atoms with E-state index in [0.717, 1.165) is 11.1 Å². The molecule has 6 nitrogen and oxygen atoms in total.